The Labute approximate surface area is 119 Å². The molecule has 0 bridgehead atoms. The molecule has 2 unspecified atom stereocenters. The largest absolute Gasteiger partial charge is 0.309 e. The number of halogens is 1. The van der Waals surface area contributed by atoms with Gasteiger partial charge in [0.25, 0.3) is 0 Å². The molecule has 1 aromatic carbocycles. The maximum atomic E-state index is 12.7. The van der Waals surface area contributed by atoms with Crippen LogP contribution in [0.3, 0.4) is 0 Å². The zero-order valence-corrected chi connectivity index (χ0v) is 12.9. The van der Waals surface area contributed by atoms with Gasteiger partial charge in [0, 0.05) is 30.2 Å². The van der Waals surface area contributed by atoms with E-state index in [0.717, 1.165) is 5.56 Å². The molecule has 1 aliphatic heterocycles. The summed E-state index contributed by atoms with van der Waals surface area (Å²) in [6.45, 7) is 6.74. The maximum Gasteiger partial charge on any atom is 0.243 e. The van der Waals surface area contributed by atoms with Crippen LogP contribution in [0.5, 0.6) is 0 Å². The Hall–Kier alpha value is -0.620. The van der Waals surface area contributed by atoms with E-state index in [-0.39, 0.29) is 12.1 Å². The lowest BCUT2D eigenvalue weighted by atomic mass is 10.2. The maximum absolute atomic E-state index is 12.7. The first kappa shape index (κ1) is 14.8. The molecule has 2 atom stereocenters. The zero-order valence-electron chi connectivity index (χ0n) is 11.4. The van der Waals surface area contributed by atoms with Crippen LogP contribution in [0.4, 0.5) is 0 Å². The molecule has 0 radical (unpaired) electrons. The minimum Gasteiger partial charge on any atom is -0.309 e. The molecule has 1 aliphatic rings. The van der Waals surface area contributed by atoms with Gasteiger partial charge in [-0.1, -0.05) is 17.7 Å². The van der Waals surface area contributed by atoms with E-state index in [9.17, 15) is 8.42 Å². The van der Waals surface area contributed by atoms with Crippen molar-refractivity contribution in [3.8, 4) is 0 Å². The fourth-order valence-electron chi connectivity index (χ4n) is 2.46. The minimum atomic E-state index is -3.47. The van der Waals surface area contributed by atoms with Crippen molar-refractivity contribution < 1.29 is 8.42 Å². The molecular weight excluding hydrogens is 284 g/mol. The average Bonchev–Trinajstić information content (AvgIpc) is 2.31. The first-order valence-electron chi connectivity index (χ1n) is 6.33. The molecule has 106 valence electrons. The van der Waals surface area contributed by atoms with E-state index >= 15 is 0 Å². The number of aryl methyl sites for hydroxylation is 1. The first-order valence-corrected chi connectivity index (χ1v) is 8.15. The molecule has 0 spiro atoms. The lowest BCUT2D eigenvalue weighted by Crippen LogP contribution is -2.55. The fraction of sp³-hybridized carbons (Fsp3) is 0.538. The summed E-state index contributed by atoms with van der Waals surface area (Å²) < 4.78 is 26.9. The van der Waals surface area contributed by atoms with E-state index in [1.54, 1.807) is 19.1 Å². The monoisotopic (exact) mass is 302 g/mol. The molecule has 1 saturated heterocycles. The van der Waals surface area contributed by atoms with Gasteiger partial charge in [0.15, 0.2) is 0 Å². The normalized spacial score (nSPS) is 25.5. The Bertz CT molecular complexity index is 564. The Kier molecular flexibility index (Phi) is 4.20. The molecule has 0 amide bonds. The standard InChI is InChI=1S/C13H19ClN2O2S/c1-9-4-5-12(14)6-13(9)19(17,18)16-7-10(2)15-11(3)8-16/h4-6,10-11,15H,7-8H2,1-3H3. The minimum absolute atomic E-state index is 0.151. The van der Waals surface area contributed by atoms with Crippen LogP contribution >= 0.6 is 11.6 Å². The highest BCUT2D eigenvalue weighted by atomic mass is 35.5. The van der Waals surface area contributed by atoms with Crippen molar-refractivity contribution in [3.63, 3.8) is 0 Å². The number of sulfonamides is 1. The van der Waals surface area contributed by atoms with Gasteiger partial charge in [0.05, 0.1) is 4.90 Å². The summed E-state index contributed by atoms with van der Waals surface area (Å²) >= 11 is 5.92. The summed E-state index contributed by atoms with van der Waals surface area (Å²) in [5.74, 6) is 0. The lowest BCUT2D eigenvalue weighted by Gasteiger charge is -2.35. The third kappa shape index (κ3) is 3.11. The van der Waals surface area contributed by atoms with Crippen molar-refractivity contribution in [2.45, 2.75) is 37.8 Å². The van der Waals surface area contributed by atoms with Gasteiger partial charge in [0.2, 0.25) is 10.0 Å². The molecule has 0 aromatic heterocycles. The summed E-state index contributed by atoms with van der Waals surface area (Å²) in [5.41, 5.74) is 0.725. The molecule has 1 N–H and O–H groups in total. The molecule has 6 heteroatoms. The van der Waals surface area contributed by atoms with E-state index in [1.807, 2.05) is 13.8 Å². The van der Waals surface area contributed by atoms with E-state index in [4.69, 9.17) is 11.6 Å². The topological polar surface area (TPSA) is 49.4 Å². The highest BCUT2D eigenvalue weighted by Crippen LogP contribution is 2.24. The Balaban J connectivity index is 2.39. The van der Waals surface area contributed by atoms with Gasteiger partial charge in [-0.05, 0) is 38.5 Å². The Morgan fingerprint density at radius 2 is 1.84 bits per heavy atom. The third-order valence-electron chi connectivity index (χ3n) is 3.29. The molecule has 4 nitrogen and oxygen atoms in total. The zero-order chi connectivity index (χ0) is 14.2. The van der Waals surface area contributed by atoms with Crippen LogP contribution in [0.15, 0.2) is 23.1 Å². The number of nitrogens with zero attached hydrogens (tertiary/aromatic N) is 1. The van der Waals surface area contributed by atoms with Crippen LogP contribution in [0.1, 0.15) is 19.4 Å². The SMILES string of the molecule is Cc1ccc(Cl)cc1S(=O)(=O)N1CC(C)NC(C)C1. The number of nitrogens with one attached hydrogen (secondary N) is 1. The van der Waals surface area contributed by atoms with Crippen LogP contribution < -0.4 is 5.32 Å². The first-order chi connectivity index (χ1) is 8.80. The van der Waals surface area contributed by atoms with Gasteiger partial charge < -0.3 is 5.32 Å². The van der Waals surface area contributed by atoms with E-state index in [2.05, 4.69) is 5.32 Å². The highest BCUT2D eigenvalue weighted by Gasteiger charge is 2.32. The van der Waals surface area contributed by atoms with Gasteiger partial charge in [-0.3, -0.25) is 0 Å². The van der Waals surface area contributed by atoms with Gasteiger partial charge in [-0.2, -0.15) is 4.31 Å². The van der Waals surface area contributed by atoms with Crippen LogP contribution in [-0.2, 0) is 10.0 Å². The molecule has 1 fully saturated rings. The second-order valence-corrected chi connectivity index (χ2v) is 7.54. The summed E-state index contributed by atoms with van der Waals surface area (Å²) in [4.78, 5) is 0.307. The number of benzene rings is 1. The van der Waals surface area contributed by atoms with Crippen molar-refractivity contribution in [1.29, 1.82) is 0 Å². The van der Waals surface area contributed by atoms with E-state index < -0.39 is 10.0 Å². The molecule has 1 heterocycles. The van der Waals surface area contributed by atoms with Gasteiger partial charge >= 0.3 is 0 Å². The number of hydrogen-bond acceptors (Lipinski definition) is 3. The van der Waals surface area contributed by atoms with Crippen LogP contribution in [-0.4, -0.2) is 37.9 Å². The predicted molar refractivity (Wildman–Crippen MR) is 77.0 cm³/mol. The molecule has 1 aromatic rings. The summed E-state index contributed by atoms with van der Waals surface area (Å²) in [5, 5.41) is 3.77. The number of hydrogen-bond donors (Lipinski definition) is 1. The molecular formula is C13H19ClN2O2S. The third-order valence-corrected chi connectivity index (χ3v) is 5.50. The van der Waals surface area contributed by atoms with Crippen LogP contribution in [0, 0.1) is 6.92 Å². The Morgan fingerprint density at radius 3 is 2.42 bits per heavy atom. The summed E-state index contributed by atoms with van der Waals surface area (Å²) in [6, 6.07) is 5.28. The van der Waals surface area contributed by atoms with Crippen molar-refractivity contribution in [1.82, 2.24) is 9.62 Å². The van der Waals surface area contributed by atoms with Crippen molar-refractivity contribution >= 4 is 21.6 Å². The van der Waals surface area contributed by atoms with Gasteiger partial charge in [-0.25, -0.2) is 8.42 Å². The van der Waals surface area contributed by atoms with Gasteiger partial charge in [0.1, 0.15) is 0 Å². The number of rotatable bonds is 2. The lowest BCUT2D eigenvalue weighted by molar-refractivity contribution is 0.263. The molecule has 2 rings (SSSR count). The molecule has 19 heavy (non-hydrogen) atoms. The van der Waals surface area contributed by atoms with Gasteiger partial charge in [-0.15, -0.1) is 0 Å². The Morgan fingerprint density at radius 1 is 1.26 bits per heavy atom. The van der Waals surface area contributed by atoms with Crippen LogP contribution in [0.2, 0.25) is 5.02 Å². The molecule has 0 aliphatic carbocycles. The fourth-order valence-corrected chi connectivity index (χ4v) is 4.57. The quantitative estimate of drug-likeness (QED) is 0.909. The second-order valence-electron chi connectivity index (χ2n) is 5.20. The van der Waals surface area contributed by atoms with Crippen molar-refractivity contribution in [2.24, 2.45) is 0 Å². The summed E-state index contributed by atoms with van der Waals surface area (Å²) in [7, 11) is -3.47. The predicted octanol–water partition coefficient (Wildman–Crippen LogP) is 2.02. The highest BCUT2D eigenvalue weighted by molar-refractivity contribution is 7.89. The van der Waals surface area contributed by atoms with Crippen molar-refractivity contribution in [3.05, 3.63) is 28.8 Å². The molecule has 0 saturated carbocycles. The smallest absolute Gasteiger partial charge is 0.243 e. The van der Waals surface area contributed by atoms with Crippen molar-refractivity contribution in [2.75, 3.05) is 13.1 Å². The van der Waals surface area contributed by atoms with Crippen LogP contribution in [0.25, 0.3) is 0 Å². The summed E-state index contributed by atoms with van der Waals surface area (Å²) in [6.07, 6.45) is 0. The average molecular weight is 303 g/mol. The number of piperazine rings is 1. The second kappa shape index (κ2) is 5.40. The van der Waals surface area contributed by atoms with E-state index in [1.165, 1.54) is 10.4 Å². The van der Waals surface area contributed by atoms with E-state index in [0.29, 0.717) is 23.0 Å².